The fourth-order valence-electron chi connectivity index (χ4n) is 1.83. The number of fused-ring (bicyclic) bond motifs is 3. The highest BCUT2D eigenvalue weighted by molar-refractivity contribution is 6.62. The summed E-state index contributed by atoms with van der Waals surface area (Å²) < 4.78 is 15.2. The molecule has 0 saturated carbocycles. The van der Waals surface area contributed by atoms with Gasteiger partial charge in [-0.1, -0.05) is 6.07 Å². The Morgan fingerprint density at radius 3 is 3.00 bits per heavy atom. The second-order valence-corrected chi connectivity index (χ2v) is 3.53. The van der Waals surface area contributed by atoms with E-state index in [9.17, 15) is 9.82 Å². The highest BCUT2D eigenvalue weighted by Gasteiger charge is 2.39. The van der Waals surface area contributed by atoms with Crippen LogP contribution in [0.2, 0.25) is 0 Å². The third-order valence-corrected chi connectivity index (χ3v) is 2.55. The molecule has 0 fully saturated rings. The van der Waals surface area contributed by atoms with Crippen LogP contribution in [0.15, 0.2) is 12.1 Å². The lowest BCUT2D eigenvalue weighted by Crippen LogP contribution is -2.32. The van der Waals surface area contributed by atoms with Gasteiger partial charge in [0.25, 0.3) is 0 Å². The molecule has 1 aromatic carbocycles. The van der Waals surface area contributed by atoms with Crippen LogP contribution in [0.3, 0.4) is 0 Å². The molecule has 2 aliphatic rings. The predicted octanol–water partition coefficient (Wildman–Crippen LogP) is -0.914. The number of benzene rings is 1. The third-order valence-electron chi connectivity index (χ3n) is 2.55. The molecular weight excluding hydrogens is 215 g/mol. The molecule has 3 rings (SSSR count). The average Bonchev–Trinajstić information content (AvgIpc) is 2.81. The number of carboxylic acids is 1. The van der Waals surface area contributed by atoms with Gasteiger partial charge >= 0.3 is 19.4 Å². The predicted molar refractivity (Wildman–Crippen MR) is 51.5 cm³/mol. The van der Waals surface area contributed by atoms with Crippen LogP contribution in [0.5, 0.6) is 11.5 Å². The molecule has 1 aromatic rings. The largest absolute Gasteiger partial charge is 0.495 e. The van der Waals surface area contributed by atoms with Gasteiger partial charge < -0.3 is 24.3 Å². The number of hydrogen-bond donors (Lipinski definition) is 2. The molecule has 1 atom stereocenters. The second-order valence-electron chi connectivity index (χ2n) is 3.53. The van der Waals surface area contributed by atoms with Crippen molar-refractivity contribution in [1.29, 1.82) is 0 Å². The lowest BCUT2D eigenvalue weighted by atomic mass is 9.78. The van der Waals surface area contributed by atoms with Gasteiger partial charge in [-0.05, 0) is 11.6 Å². The van der Waals surface area contributed by atoms with Crippen LogP contribution < -0.4 is 14.9 Å². The summed E-state index contributed by atoms with van der Waals surface area (Å²) >= 11 is 0. The Kier molecular flexibility index (Phi) is 1.86. The van der Waals surface area contributed by atoms with Gasteiger partial charge in [-0.2, -0.15) is 0 Å². The molecule has 0 aromatic heterocycles. The van der Waals surface area contributed by atoms with E-state index in [1.807, 2.05) is 0 Å². The summed E-state index contributed by atoms with van der Waals surface area (Å²) in [6, 6.07) is 3.33. The smallest absolute Gasteiger partial charge is 0.476 e. The van der Waals surface area contributed by atoms with E-state index in [1.165, 1.54) is 0 Å². The van der Waals surface area contributed by atoms with Gasteiger partial charge in [0, 0.05) is 5.46 Å². The van der Waals surface area contributed by atoms with E-state index in [1.54, 1.807) is 12.1 Å². The Morgan fingerprint density at radius 1 is 1.44 bits per heavy atom. The molecule has 6 nitrogen and oxygen atoms in total. The van der Waals surface area contributed by atoms with E-state index in [4.69, 9.17) is 19.2 Å². The maximum Gasteiger partial charge on any atom is 0.495 e. The first-order valence-electron chi connectivity index (χ1n) is 4.68. The Balaban J connectivity index is 2.06. The van der Waals surface area contributed by atoms with Crippen LogP contribution in [-0.2, 0) is 16.1 Å². The molecule has 0 spiro atoms. The fraction of sp³-hybridized carbons (Fsp3) is 0.222. The van der Waals surface area contributed by atoms with Crippen molar-refractivity contribution < 1.29 is 29.1 Å². The molecule has 0 radical (unpaired) electrons. The summed E-state index contributed by atoms with van der Waals surface area (Å²) in [6.07, 6.45) is -1.35. The molecule has 82 valence electrons. The van der Waals surface area contributed by atoms with Gasteiger partial charge in [0.1, 0.15) is 0 Å². The van der Waals surface area contributed by atoms with Crippen molar-refractivity contribution in [3.63, 3.8) is 0 Å². The van der Waals surface area contributed by atoms with Gasteiger partial charge in [-0.3, -0.25) is 0 Å². The highest BCUT2D eigenvalue weighted by Crippen LogP contribution is 2.35. The summed E-state index contributed by atoms with van der Waals surface area (Å²) in [5.74, 6) is -0.635. The zero-order chi connectivity index (χ0) is 11.3. The third kappa shape index (κ3) is 1.19. The van der Waals surface area contributed by atoms with E-state index in [0.29, 0.717) is 11.2 Å². The second kappa shape index (κ2) is 3.13. The first-order chi connectivity index (χ1) is 7.66. The summed E-state index contributed by atoms with van der Waals surface area (Å²) in [6.45, 7) is 0.283. The Labute approximate surface area is 90.5 Å². The monoisotopic (exact) mass is 222 g/mol. The van der Waals surface area contributed by atoms with E-state index in [0.717, 1.165) is 5.56 Å². The summed E-state index contributed by atoms with van der Waals surface area (Å²) in [4.78, 5) is 10.7. The SMILES string of the molecule is O=C(O)C1Oc2ccc3c(c2O1)B(O)OC3. The van der Waals surface area contributed by atoms with Crippen molar-refractivity contribution in [3.05, 3.63) is 17.7 Å². The number of hydrogen-bond acceptors (Lipinski definition) is 5. The van der Waals surface area contributed by atoms with Crippen molar-refractivity contribution in [1.82, 2.24) is 0 Å². The average molecular weight is 222 g/mol. The van der Waals surface area contributed by atoms with Crippen LogP contribution >= 0.6 is 0 Å². The number of carboxylic acid groups (broad SMARTS) is 1. The fourth-order valence-corrected chi connectivity index (χ4v) is 1.83. The van der Waals surface area contributed by atoms with Crippen LogP contribution in [0.25, 0.3) is 0 Å². The summed E-state index contributed by atoms with van der Waals surface area (Å²) in [5.41, 5.74) is 1.24. The van der Waals surface area contributed by atoms with Crippen LogP contribution in [-0.4, -0.2) is 29.5 Å². The van der Waals surface area contributed by atoms with Gasteiger partial charge in [0.15, 0.2) is 11.5 Å². The number of carbonyl (C=O) groups is 1. The molecule has 2 heterocycles. The first kappa shape index (κ1) is 9.50. The van der Waals surface area contributed by atoms with Gasteiger partial charge in [0.2, 0.25) is 0 Å². The molecule has 2 N–H and O–H groups in total. The molecule has 0 amide bonds. The van der Waals surface area contributed by atoms with Crippen molar-refractivity contribution in [3.8, 4) is 11.5 Å². The van der Waals surface area contributed by atoms with E-state index < -0.39 is 19.4 Å². The number of ether oxygens (including phenoxy) is 2. The summed E-state index contributed by atoms with van der Waals surface area (Å²) in [7, 11) is -1.08. The summed E-state index contributed by atoms with van der Waals surface area (Å²) in [5, 5.41) is 18.3. The minimum atomic E-state index is -1.35. The van der Waals surface area contributed by atoms with Gasteiger partial charge in [0.05, 0.1) is 6.61 Å². The maximum absolute atomic E-state index is 10.7. The molecular formula is C9H7BO6. The molecule has 0 aliphatic carbocycles. The first-order valence-corrected chi connectivity index (χ1v) is 4.68. The highest BCUT2D eigenvalue weighted by atomic mass is 16.7. The number of aliphatic carboxylic acids is 1. The molecule has 16 heavy (non-hydrogen) atoms. The quantitative estimate of drug-likeness (QED) is 0.598. The van der Waals surface area contributed by atoms with Crippen LogP contribution in [0.1, 0.15) is 5.56 Å². The van der Waals surface area contributed by atoms with Crippen molar-refractivity contribution in [2.45, 2.75) is 12.9 Å². The molecule has 0 saturated heterocycles. The van der Waals surface area contributed by atoms with E-state index >= 15 is 0 Å². The number of rotatable bonds is 1. The van der Waals surface area contributed by atoms with Gasteiger partial charge in [-0.25, -0.2) is 4.79 Å². The topological polar surface area (TPSA) is 85.2 Å². The minimum Gasteiger partial charge on any atom is -0.476 e. The lowest BCUT2D eigenvalue weighted by molar-refractivity contribution is -0.154. The molecule has 0 bridgehead atoms. The van der Waals surface area contributed by atoms with Crippen LogP contribution in [0, 0.1) is 0 Å². The minimum absolute atomic E-state index is 0.259. The maximum atomic E-state index is 10.7. The Bertz CT molecular complexity index is 473. The van der Waals surface area contributed by atoms with Crippen LogP contribution in [0.4, 0.5) is 0 Å². The standard InChI is InChI=1S/C9H7BO6/c11-8(12)9-15-5-2-1-4-3-14-10(13)6(4)7(5)16-9/h1-2,9,13H,3H2,(H,11,12). The zero-order valence-electron chi connectivity index (χ0n) is 8.04. The van der Waals surface area contributed by atoms with E-state index in [-0.39, 0.29) is 12.4 Å². The normalized spacial score (nSPS) is 21.1. The molecule has 2 aliphatic heterocycles. The lowest BCUT2D eigenvalue weighted by Gasteiger charge is -2.04. The Morgan fingerprint density at radius 2 is 2.25 bits per heavy atom. The van der Waals surface area contributed by atoms with Crippen molar-refractivity contribution >= 4 is 18.6 Å². The zero-order valence-corrected chi connectivity index (χ0v) is 8.04. The molecule has 1 unspecified atom stereocenters. The van der Waals surface area contributed by atoms with E-state index in [2.05, 4.69) is 0 Å². The van der Waals surface area contributed by atoms with Crippen molar-refractivity contribution in [2.24, 2.45) is 0 Å². The molecule has 7 heteroatoms. The van der Waals surface area contributed by atoms with Gasteiger partial charge in [-0.15, -0.1) is 0 Å². The Hall–Kier alpha value is -1.73. The van der Waals surface area contributed by atoms with Crippen molar-refractivity contribution in [2.75, 3.05) is 0 Å².